The fourth-order valence-corrected chi connectivity index (χ4v) is 6.99. The van der Waals surface area contributed by atoms with Gasteiger partial charge in [0, 0.05) is 49.4 Å². The number of benzene rings is 1. The number of fused-ring (bicyclic) bond motifs is 1. The van der Waals surface area contributed by atoms with E-state index >= 15 is 0 Å². The molecule has 0 saturated carbocycles. The van der Waals surface area contributed by atoms with Crippen LogP contribution >= 0.6 is 0 Å². The molecule has 2 saturated heterocycles. The van der Waals surface area contributed by atoms with Crippen molar-refractivity contribution in [3.63, 3.8) is 0 Å². The summed E-state index contributed by atoms with van der Waals surface area (Å²) < 4.78 is 67.9. The number of aliphatic hydroxyl groups is 1. The molecule has 0 radical (unpaired) electrons. The zero-order valence-electron chi connectivity index (χ0n) is 22.3. The second-order valence-electron chi connectivity index (χ2n) is 11.1. The number of likely N-dealkylation sites (tertiary alicyclic amines) is 1. The quantitative estimate of drug-likeness (QED) is 0.515. The number of rotatable bonds is 7. The van der Waals surface area contributed by atoms with E-state index < -0.39 is 34.4 Å². The molecule has 220 valence electrons. The van der Waals surface area contributed by atoms with Gasteiger partial charge in [0.05, 0.1) is 35.6 Å². The standard InChI is InChI=1S/C26H34F3N6O4S/c1-40(38,39)34-9-4-22-20(16-34)23(17-2-3-21(26(27,28)29)18(12-17)13-30)32-35(22)15-19(36)14-33-10-6-25(7-11-33)5-8-31-24(25)37/h2-3,12,19,30,36H,4-11,13-16H2,1H3,(H,31,37)/q-1. The Morgan fingerprint density at radius 2 is 1.90 bits per heavy atom. The highest BCUT2D eigenvalue weighted by Crippen LogP contribution is 2.39. The summed E-state index contributed by atoms with van der Waals surface area (Å²) in [5, 5.41) is 18.6. The molecule has 2 fully saturated rings. The van der Waals surface area contributed by atoms with Gasteiger partial charge < -0.3 is 21.1 Å². The number of alkyl halides is 3. The van der Waals surface area contributed by atoms with Crippen molar-refractivity contribution in [2.45, 2.75) is 57.6 Å². The Bertz CT molecular complexity index is 1390. The van der Waals surface area contributed by atoms with Crippen LogP contribution in [0, 0.1) is 5.41 Å². The highest BCUT2D eigenvalue weighted by Gasteiger charge is 2.44. The van der Waals surface area contributed by atoms with E-state index in [0.717, 1.165) is 37.3 Å². The number of halogens is 3. The van der Waals surface area contributed by atoms with Crippen LogP contribution in [0.5, 0.6) is 0 Å². The fraction of sp³-hybridized carbons (Fsp3) is 0.615. The molecule has 0 bridgehead atoms. The molecule has 1 spiro atoms. The average Bonchev–Trinajstić information content (AvgIpc) is 3.43. The van der Waals surface area contributed by atoms with Gasteiger partial charge in [-0.05, 0) is 38.4 Å². The maximum atomic E-state index is 13.4. The third kappa shape index (κ3) is 5.64. The Labute approximate surface area is 231 Å². The second-order valence-corrected chi connectivity index (χ2v) is 13.1. The molecule has 10 nitrogen and oxygen atoms in total. The van der Waals surface area contributed by atoms with Crippen LogP contribution in [0.15, 0.2) is 18.2 Å². The lowest BCUT2D eigenvalue weighted by Crippen LogP contribution is -2.46. The van der Waals surface area contributed by atoms with Gasteiger partial charge in [-0.15, -0.1) is 6.54 Å². The van der Waals surface area contributed by atoms with E-state index in [0.29, 0.717) is 49.4 Å². The Morgan fingerprint density at radius 1 is 1.18 bits per heavy atom. The first kappa shape index (κ1) is 29.0. The average molecular weight is 584 g/mol. The van der Waals surface area contributed by atoms with Gasteiger partial charge in [-0.2, -0.15) is 22.6 Å². The number of aromatic nitrogens is 2. The van der Waals surface area contributed by atoms with Crippen molar-refractivity contribution in [2.24, 2.45) is 5.41 Å². The number of nitrogens with one attached hydrogen (secondary N) is 2. The van der Waals surface area contributed by atoms with Crippen LogP contribution in [0.2, 0.25) is 0 Å². The lowest BCUT2D eigenvalue weighted by Gasteiger charge is -2.38. The Morgan fingerprint density at radius 3 is 2.50 bits per heavy atom. The van der Waals surface area contributed by atoms with Gasteiger partial charge in [0.2, 0.25) is 15.9 Å². The summed E-state index contributed by atoms with van der Waals surface area (Å²) in [6.45, 7) is 2.28. The molecule has 3 aliphatic rings. The second kappa shape index (κ2) is 10.7. The van der Waals surface area contributed by atoms with Gasteiger partial charge in [-0.3, -0.25) is 9.48 Å². The third-order valence-electron chi connectivity index (χ3n) is 8.48. The van der Waals surface area contributed by atoms with E-state index in [-0.39, 0.29) is 36.5 Å². The molecule has 1 aromatic carbocycles. The van der Waals surface area contributed by atoms with E-state index in [1.165, 1.54) is 16.4 Å². The summed E-state index contributed by atoms with van der Waals surface area (Å²) >= 11 is 0. The molecule has 14 heteroatoms. The SMILES string of the molecule is CS(=O)(=O)N1CCc2c(c(-c3ccc(C(F)(F)F)c(C[NH-])c3)nn2CC(O)CN2CCC3(CCNC3=O)CC2)C1. The molecule has 1 unspecified atom stereocenters. The van der Waals surface area contributed by atoms with Crippen molar-refractivity contribution < 1.29 is 31.5 Å². The zero-order valence-corrected chi connectivity index (χ0v) is 23.1. The van der Waals surface area contributed by atoms with Crippen molar-refractivity contribution in [3.05, 3.63) is 46.3 Å². The van der Waals surface area contributed by atoms with Gasteiger partial charge in [0.1, 0.15) is 0 Å². The summed E-state index contributed by atoms with van der Waals surface area (Å²) in [5.74, 6) is 0.114. The van der Waals surface area contributed by atoms with Crippen molar-refractivity contribution in [1.82, 2.24) is 24.3 Å². The number of carbonyl (C=O) groups is 1. The predicted octanol–water partition coefficient (Wildman–Crippen LogP) is 2.40. The number of piperidine rings is 1. The molecular weight excluding hydrogens is 549 g/mol. The van der Waals surface area contributed by atoms with Gasteiger partial charge in [0.25, 0.3) is 0 Å². The van der Waals surface area contributed by atoms with Crippen molar-refractivity contribution >= 4 is 15.9 Å². The summed E-state index contributed by atoms with van der Waals surface area (Å²) in [7, 11) is -3.52. The highest BCUT2D eigenvalue weighted by molar-refractivity contribution is 7.88. The minimum Gasteiger partial charge on any atom is -0.674 e. The van der Waals surface area contributed by atoms with Crippen LogP contribution in [-0.2, 0) is 47.0 Å². The van der Waals surface area contributed by atoms with Crippen molar-refractivity contribution in [2.75, 3.05) is 39.0 Å². The largest absolute Gasteiger partial charge is 0.674 e. The van der Waals surface area contributed by atoms with Gasteiger partial charge in [0.15, 0.2) is 0 Å². The molecular formula is C26H34F3N6O4S-. The number of nitrogens with zero attached hydrogens (tertiary/aromatic N) is 4. The molecule has 2 aromatic rings. The molecule has 40 heavy (non-hydrogen) atoms. The topological polar surface area (TPSA) is 132 Å². The van der Waals surface area contributed by atoms with E-state index in [2.05, 4.69) is 15.3 Å². The monoisotopic (exact) mass is 583 g/mol. The first-order chi connectivity index (χ1) is 18.8. The van der Waals surface area contributed by atoms with Crippen LogP contribution < -0.4 is 5.32 Å². The maximum Gasteiger partial charge on any atom is 0.416 e. The highest BCUT2D eigenvalue weighted by atomic mass is 32.2. The number of amides is 1. The minimum absolute atomic E-state index is 0.0209. The molecule has 4 heterocycles. The number of carbonyl (C=O) groups excluding carboxylic acids is 1. The van der Waals surface area contributed by atoms with E-state index in [9.17, 15) is 31.5 Å². The van der Waals surface area contributed by atoms with Crippen LogP contribution in [0.1, 0.15) is 41.6 Å². The first-order valence-corrected chi connectivity index (χ1v) is 15.2. The summed E-state index contributed by atoms with van der Waals surface area (Å²) in [6.07, 6.45) is -1.63. The fourth-order valence-electron chi connectivity index (χ4n) is 6.21. The molecule has 1 aromatic heterocycles. The van der Waals surface area contributed by atoms with Gasteiger partial charge >= 0.3 is 6.18 Å². The summed E-state index contributed by atoms with van der Waals surface area (Å²) in [4.78, 5) is 14.4. The van der Waals surface area contributed by atoms with Crippen LogP contribution in [0.25, 0.3) is 17.0 Å². The summed E-state index contributed by atoms with van der Waals surface area (Å²) in [6, 6.07) is 3.53. The molecule has 0 aliphatic carbocycles. The molecule has 1 amide bonds. The molecule has 3 N–H and O–H groups in total. The molecule has 3 aliphatic heterocycles. The van der Waals surface area contributed by atoms with E-state index in [1.54, 1.807) is 4.68 Å². The smallest absolute Gasteiger partial charge is 0.416 e. The van der Waals surface area contributed by atoms with E-state index in [1.807, 2.05) is 0 Å². The maximum absolute atomic E-state index is 13.4. The number of sulfonamides is 1. The summed E-state index contributed by atoms with van der Waals surface area (Å²) in [5.41, 5.74) is 8.31. The van der Waals surface area contributed by atoms with Gasteiger partial charge in [-0.25, -0.2) is 8.42 Å². The molecule has 5 rings (SSSR count). The Balaban J connectivity index is 1.39. The van der Waals surface area contributed by atoms with Gasteiger partial charge in [-0.1, -0.05) is 17.7 Å². The number of hydrogen-bond acceptors (Lipinski definition) is 6. The third-order valence-corrected chi connectivity index (χ3v) is 9.73. The number of hydrogen-bond donors (Lipinski definition) is 2. The molecule has 1 atom stereocenters. The Kier molecular flexibility index (Phi) is 7.76. The normalized spacial score (nSPS) is 21.0. The van der Waals surface area contributed by atoms with Crippen molar-refractivity contribution in [1.29, 1.82) is 0 Å². The van der Waals surface area contributed by atoms with Crippen LogP contribution in [0.3, 0.4) is 0 Å². The lowest BCUT2D eigenvalue weighted by atomic mass is 9.77. The zero-order chi connectivity index (χ0) is 28.9. The van der Waals surface area contributed by atoms with Crippen molar-refractivity contribution in [3.8, 4) is 11.3 Å². The number of aliphatic hydroxyl groups excluding tert-OH is 1. The minimum atomic E-state index is -4.60. The van der Waals surface area contributed by atoms with Crippen LogP contribution in [0.4, 0.5) is 13.2 Å². The Hall–Kier alpha value is -2.52. The van der Waals surface area contributed by atoms with E-state index in [4.69, 9.17) is 5.73 Å². The number of β-amino-alcohol motifs (C(OH)–C–C–N with tert-alkyl or cyclic N) is 1. The first-order valence-electron chi connectivity index (χ1n) is 13.4. The lowest BCUT2D eigenvalue weighted by molar-refractivity contribution is -0.138. The van der Waals surface area contributed by atoms with Crippen LogP contribution in [-0.4, -0.2) is 83.5 Å². The predicted molar refractivity (Wildman–Crippen MR) is 141 cm³/mol.